The van der Waals surface area contributed by atoms with E-state index in [-0.39, 0.29) is 18.5 Å². The van der Waals surface area contributed by atoms with Crippen molar-refractivity contribution >= 4 is 39.1 Å². The molecule has 0 spiro atoms. The largest absolute Gasteiger partial charge is 0.491 e. The van der Waals surface area contributed by atoms with E-state index in [1.807, 2.05) is 0 Å². The van der Waals surface area contributed by atoms with E-state index in [9.17, 15) is 4.39 Å². The van der Waals surface area contributed by atoms with Gasteiger partial charge < -0.3 is 14.2 Å². The smallest absolute Gasteiger partial charge is 0.206 e. The molecule has 1 saturated heterocycles. The van der Waals surface area contributed by atoms with Crippen LogP contribution in [-0.2, 0) is 15.3 Å². The lowest BCUT2D eigenvalue weighted by molar-refractivity contribution is -0.159. The van der Waals surface area contributed by atoms with Gasteiger partial charge in [0.2, 0.25) is 5.79 Å². The Balaban J connectivity index is 1.68. The van der Waals surface area contributed by atoms with E-state index in [1.165, 1.54) is 12.1 Å². The normalized spacial score (nSPS) is 23.4. The molecular formula is C17H14BrCl2FO3. The highest BCUT2D eigenvalue weighted by Gasteiger charge is 2.44. The molecule has 0 saturated carbocycles. The molecule has 2 atom stereocenters. The number of benzene rings is 2. The maximum atomic E-state index is 12.9. The molecule has 2 unspecified atom stereocenters. The molecule has 0 aliphatic carbocycles. The molecule has 0 radical (unpaired) electrons. The molecular weight excluding hydrogens is 422 g/mol. The topological polar surface area (TPSA) is 27.7 Å². The molecule has 1 aliphatic heterocycles. The third kappa shape index (κ3) is 3.86. The maximum absolute atomic E-state index is 12.9. The lowest BCUT2D eigenvalue weighted by Gasteiger charge is -2.27. The zero-order valence-electron chi connectivity index (χ0n) is 12.5. The highest BCUT2D eigenvalue weighted by molar-refractivity contribution is 9.09. The second-order valence-corrected chi connectivity index (χ2v) is 6.73. The average molecular weight is 436 g/mol. The molecule has 2 aromatic carbocycles. The Morgan fingerprint density at radius 3 is 2.62 bits per heavy atom. The number of hydrogen-bond acceptors (Lipinski definition) is 3. The monoisotopic (exact) mass is 434 g/mol. The Bertz CT molecular complexity index is 713. The molecule has 7 heteroatoms. The SMILES string of the molecule is Fc1ccc(OCC2COC(CBr)(c3ccc(Cl)cc3Cl)O2)cc1. The molecule has 128 valence electrons. The molecule has 1 aliphatic rings. The Labute approximate surface area is 157 Å². The maximum Gasteiger partial charge on any atom is 0.206 e. The van der Waals surface area contributed by atoms with Crippen LogP contribution in [0.3, 0.4) is 0 Å². The van der Waals surface area contributed by atoms with Crippen molar-refractivity contribution in [1.29, 1.82) is 0 Å². The van der Waals surface area contributed by atoms with Crippen molar-refractivity contribution in [3.63, 3.8) is 0 Å². The zero-order valence-corrected chi connectivity index (χ0v) is 15.6. The number of hydrogen-bond donors (Lipinski definition) is 0. The summed E-state index contributed by atoms with van der Waals surface area (Å²) in [5, 5.41) is 1.43. The van der Waals surface area contributed by atoms with Crippen LogP contribution in [0.1, 0.15) is 5.56 Å². The molecule has 3 nitrogen and oxygen atoms in total. The lowest BCUT2D eigenvalue weighted by Crippen LogP contribution is -2.31. The van der Waals surface area contributed by atoms with Crippen molar-refractivity contribution < 1.29 is 18.6 Å². The first kappa shape index (κ1) is 18.0. The Morgan fingerprint density at radius 2 is 1.96 bits per heavy atom. The van der Waals surface area contributed by atoms with Crippen LogP contribution in [0.4, 0.5) is 4.39 Å². The van der Waals surface area contributed by atoms with Crippen molar-refractivity contribution in [1.82, 2.24) is 0 Å². The van der Waals surface area contributed by atoms with Gasteiger partial charge in [0, 0.05) is 10.6 Å². The van der Waals surface area contributed by atoms with Gasteiger partial charge in [0.15, 0.2) is 0 Å². The van der Waals surface area contributed by atoms with Crippen LogP contribution in [0.2, 0.25) is 10.0 Å². The third-order valence-electron chi connectivity index (χ3n) is 3.63. The summed E-state index contributed by atoms with van der Waals surface area (Å²) < 4.78 is 30.5. The summed E-state index contributed by atoms with van der Waals surface area (Å²) in [6.45, 7) is 0.636. The number of rotatable bonds is 5. The van der Waals surface area contributed by atoms with Crippen molar-refractivity contribution in [2.75, 3.05) is 18.5 Å². The molecule has 24 heavy (non-hydrogen) atoms. The van der Waals surface area contributed by atoms with Gasteiger partial charge in [-0.15, -0.1) is 0 Å². The molecule has 1 fully saturated rings. The first-order chi connectivity index (χ1) is 11.5. The number of alkyl halides is 1. The fourth-order valence-electron chi connectivity index (χ4n) is 2.45. The fraction of sp³-hybridized carbons (Fsp3) is 0.294. The van der Waals surface area contributed by atoms with Crippen LogP contribution in [0.15, 0.2) is 42.5 Å². The first-order valence-corrected chi connectivity index (χ1v) is 9.12. The minimum absolute atomic E-state index is 0.278. The molecule has 1 heterocycles. The van der Waals surface area contributed by atoms with Gasteiger partial charge in [-0.2, -0.15) is 0 Å². The van der Waals surface area contributed by atoms with E-state index < -0.39 is 5.79 Å². The molecule has 0 N–H and O–H groups in total. The van der Waals surface area contributed by atoms with Gasteiger partial charge >= 0.3 is 0 Å². The highest BCUT2D eigenvalue weighted by Crippen LogP contribution is 2.40. The van der Waals surface area contributed by atoms with Crippen molar-refractivity contribution in [2.24, 2.45) is 0 Å². The summed E-state index contributed by atoms with van der Waals surface area (Å²) in [5.74, 6) is -0.724. The van der Waals surface area contributed by atoms with Crippen LogP contribution < -0.4 is 4.74 Å². The fourth-order valence-corrected chi connectivity index (χ4v) is 3.60. The minimum Gasteiger partial charge on any atom is -0.491 e. The summed E-state index contributed by atoms with van der Waals surface area (Å²) >= 11 is 15.7. The number of halogens is 4. The minimum atomic E-state index is -0.988. The molecule has 0 bridgehead atoms. The second kappa shape index (κ2) is 7.58. The first-order valence-electron chi connectivity index (χ1n) is 7.24. The van der Waals surface area contributed by atoms with Crippen LogP contribution >= 0.6 is 39.1 Å². The zero-order chi connectivity index (χ0) is 17.2. The summed E-state index contributed by atoms with van der Waals surface area (Å²) in [4.78, 5) is 0. The lowest BCUT2D eigenvalue weighted by atomic mass is 10.1. The summed E-state index contributed by atoms with van der Waals surface area (Å²) in [5.41, 5.74) is 0.703. The Hall–Kier alpha value is -0.850. The van der Waals surface area contributed by atoms with E-state index in [1.54, 1.807) is 30.3 Å². The quantitative estimate of drug-likeness (QED) is 0.606. The van der Waals surface area contributed by atoms with Gasteiger partial charge in [-0.05, 0) is 36.4 Å². The standard InChI is InChI=1S/C17H14BrCl2FO3/c18-10-17(15-6-1-11(19)7-16(15)20)23-9-14(24-17)8-22-13-4-2-12(21)3-5-13/h1-7,14H,8-10H2. The second-order valence-electron chi connectivity index (χ2n) is 5.33. The Kier molecular flexibility index (Phi) is 5.67. The van der Waals surface area contributed by atoms with E-state index in [2.05, 4.69) is 15.9 Å². The molecule has 0 aromatic heterocycles. The Morgan fingerprint density at radius 1 is 1.21 bits per heavy atom. The van der Waals surface area contributed by atoms with Gasteiger partial charge in [0.25, 0.3) is 0 Å². The molecule has 2 aromatic rings. The molecule has 3 rings (SSSR count). The van der Waals surface area contributed by atoms with Gasteiger partial charge in [0.05, 0.1) is 17.0 Å². The summed E-state index contributed by atoms with van der Waals surface area (Å²) in [7, 11) is 0. The predicted octanol–water partition coefficient (Wildman–Crippen LogP) is 5.17. The van der Waals surface area contributed by atoms with E-state index in [0.29, 0.717) is 33.3 Å². The van der Waals surface area contributed by atoms with E-state index in [4.69, 9.17) is 37.4 Å². The van der Waals surface area contributed by atoms with Gasteiger partial charge in [0.1, 0.15) is 24.3 Å². The molecule has 0 amide bonds. The van der Waals surface area contributed by atoms with Gasteiger partial charge in [-0.25, -0.2) is 4.39 Å². The summed E-state index contributed by atoms with van der Waals surface area (Å²) in [6.07, 6.45) is -0.278. The average Bonchev–Trinajstić information content (AvgIpc) is 2.99. The van der Waals surface area contributed by atoms with Crippen molar-refractivity contribution in [3.8, 4) is 5.75 Å². The highest BCUT2D eigenvalue weighted by atomic mass is 79.9. The van der Waals surface area contributed by atoms with Gasteiger partial charge in [-0.1, -0.05) is 45.2 Å². The van der Waals surface area contributed by atoms with Crippen LogP contribution in [-0.4, -0.2) is 24.6 Å². The number of ether oxygens (including phenoxy) is 3. The van der Waals surface area contributed by atoms with Crippen LogP contribution in [0.25, 0.3) is 0 Å². The van der Waals surface area contributed by atoms with Crippen molar-refractivity contribution in [3.05, 3.63) is 63.9 Å². The summed E-state index contributed by atoms with van der Waals surface area (Å²) in [6, 6.07) is 11.0. The van der Waals surface area contributed by atoms with Crippen molar-refractivity contribution in [2.45, 2.75) is 11.9 Å². The van der Waals surface area contributed by atoms with Crippen LogP contribution in [0.5, 0.6) is 5.75 Å². The van der Waals surface area contributed by atoms with E-state index in [0.717, 1.165) is 0 Å². The van der Waals surface area contributed by atoms with E-state index >= 15 is 0 Å². The predicted molar refractivity (Wildman–Crippen MR) is 94.7 cm³/mol. The third-order valence-corrected chi connectivity index (χ3v) is 4.91. The van der Waals surface area contributed by atoms with Crippen LogP contribution in [0, 0.1) is 5.82 Å². The van der Waals surface area contributed by atoms with Gasteiger partial charge in [-0.3, -0.25) is 0 Å².